The number of rotatable bonds is 3. The smallest absolute Gasteiger partial charge is 0.291 e. The summed E-state index contributed by atoms with van der Waals surface area (Å²) in [4.78, 5) is 35.8. The average Bonchev–Trinajstić information content (AvgIpc) is 2.83. The van der Waals surface area contributed by atoms with Crippen LogP contribution in [0.15, 0.2) is 88.9 Å². The number of pyridine rings is 1. The molecule has 0 unspecified atom stereocenters. The highest BCUT2D eigenvalue weighted by Crippen LogP contribution is 2.37. The molecule has 2 aromatic heterocycles. The Labute approximate surface area is 182 Å². The van der Waals surface area contributed by atoms with Crippen LogP contribution < -0.4 is 15.1 Å². The van der Waals surface area contributed by atoms with Gasteiger partial charge in [-0.2, -0.15) is 0 Å². The molecule has 0 saturated heterocycles. The van der Waals surface area contributed by atoms with E-state index < -0.39 is 6.17 Å². The minimum absolute atomic E-state index is 0.199. The molecule has 7 nitrogen and oxygen atoms in total. The Morgan fingerprint density at radius 1 is 1.03 bits per heavy atom. The van der Waals surface area contributed by atoms with E-state index >= 15 is 0 Å². The maximum absolute atomic E-state index is 13.8. The van der Waals surface area contributed by atoms with E-state index in [0.717, 1.165) is 0 Å². The van der Waals surface area contributed by atoms with E-state index in [9.17, 15) is 9.59 Å². The summed E-state index contributed by atoms with van der Waals surface area (Å²) in [6.45, 7) is 0. The first-order valence-corrected chi connectivity index (χ1v) is 10.9. The van der Waals surface area contributed by atoms with Gasteiger partial charge in [0, 0.05) is 16.9 Å². The number of aromatic nitrogens is 4. The van der Waals surface area contributed by atoms with Crippen molar-refractivity contribution in [1.29, 1.82) is 0 Å². The van der Waals surface area contributed by atoms with Crippen molar-refractivity contribution in [2.24, 2.45) is 0 Å². The van der Waals surface area contributed by atoms with Gasteiger partial charge in [0.15, 0.2) is 0 Å². The molecule has 8 heteroatoms. The molecule has 5 rings (SSSR count). The van der Waals surface area contributed by atoms with Gasteiger partial charge in [-0.15, -0.1) is 0 Å². The molecule has 0 aliphatic carbocycles. The molecule has 1 amide bonds. The summed E-state index contributed by atoms with van der Waals surface area (Å²) >= 11 is 1.33. The van der Waals surface area contributed by atoms with Gasteiger partial charge in [0.25, 0.3) is 5.91 Å². The summed E-state index contributed by atoms with van der Waals surface area (Å²) in [6.07, 6.45) is 2.79. The van der Waals surface area contributed by atoms with E-state index in [1.807, 2.05) is 66.9 Å². The monoisotopic (exact) mass is 428 g/mol. The summed E-state index contributed by atoms with van der Waals surface area (Å²) < 4.78 is 1.61. The molecule has 3 heterocycles. The van der Waals surface area contributed by atoms with Gasteiger partial charge in [0.05, 0.1) is 11.3 Å². The van der Waals surface area contributed by atoms with E-state index in [-0.39, 0.29) is 11.5 Å². The van der Waals surface area contributed by atoms with Crippen molar-refractivity contribution in [2.45, 2.75) is 11.3 Å². The number of carbonyl (C=O) groups excluding carboxylic acids is 1. The number of para-hydroxylation sites is 1. The topological polar surface area (TPSA) is 82.8 Å². The predicted molar refractivity (Wildman–Crippen MR) is 118 cm³/mol. The van der Waals surface area contributed by atoms with Crippen LogP contribution in [0.1, 0.15) is 22.2 Å². The first-order chi connectivity index (χ1) is 15.2. The zero-order valence-electron chi connectivity index (χ0n) is 16.6. The minimum Gasteiger partial charge on any atom is -0.291 e. The number of amides is 1. The highest BCUT2D eigenvalue weighted by Gasteiger charge is 2.46. The van der Waals surface area contributed by atoms with E-state index in [1.54, 1.807) is 27.9 Å². The zero-order chi connectivity index (χ0) is 21.4. The number of thioether (sulfide) groups is 1. The lowest BCUT2D eigenvalue weighted by molar-refractivity contribution is -0.763. The van der Waals surface area contributed by atoms with Gasteiger partial charge in [-0.05, 0) is 47.3 Å². The molecule has 152 valence electrons. The fourth-order valence-electron chi connectivity index (χ4n) is 3.80. The van der Waals surface area contributed by atoms with Crippen molar-refractivity contribution >= 4 is 23.4 Å². The highest BCUT2D eigenvalue weighted by atomic mass is 32.2. The fourth-order valence-corrected chi connectivity index (χ4v) is 4.16. The van der Waals surface area contributed by atoms with Crippen LogP contribution in [0.5, 0.6) is 0 Å². The summed E-state index contributed by atoms with van der Waals surface area (Å²) in [5.74, 6) is -0.199. The van der Waals surface area contributed by atoms with Gasteiger partial charge in [-0.1, -0.05) is 48.2 Å². The second-order valence-corrected chi connectivity index (χ2v) is 7.74. The first kappa shape index (κ1) is 19.2. The quantitative estimate of drug-likeness (QED) is 0.401. The fraction of sp³-hybridized carbons (Fsp3) is 0.0870. The van der Waals surface area contributed by atoms with Gasteiger partial charge in [0.1, 0.15) is 5.69 Å². The Morgan fingerprint density at radius 3 is 2.52 bits per heavy atom. The molecular formula is C23H18N5O2S+. The van der Waals surface area contributed by atoms with Crippen molar-refractivity contribution in [1.82, 2.24) is 15.1 Å². The normalized spacial score (nSPS) is 14.6. The van der Waals surface area contributed by atoms with Gasteiger partial charge < -0.3 is 0 Å². The number of hydrogen-bond donors (Lipinski definition) is 1. The number of fused-ring (bicyclic) bond motifs is 3. The van der Waals surface area contributed by atoms with Crippen LogP contribution in [0, 0.1) is 0 Å². The molecule has 0 fully saturated rings. The standard InChI is InChI=1S/C23H17N5O2S/c1-31-23-25-20(29)19-16-11-5-6-13-18(16)27(22(30)15-9-3-2-4-10-15)21(28(19)26-23)17-12-7-8-14-24-17/h2-14,21H,1H3/p+1/t21-/m1/s1. The lowest BCUT2D eigenvalue weighted by Crippen LogP contribution is -2.61. The molecule has 0 spiro atoms. The third-order valence-electron chi connectivity index (χ3n) is 5.14. The molecule has 0 saturated carbocycles. The van der Waals surface area contributed by atoms with Crippen molar-refractivity contribution in [2.75, 3.05) is 11.2 Å². The Hall–Kier alpha value is -3.78. The third kappa shape index (κ3) is 3.21. The molecule has 2 aromatic carbocycles. The van der Waals surface area contributed by atoms with Gasteiger partial charge in [0.2, 0.25) is 5.16 Å². The second-order valence-electron chi connectivity index (χ2n) is 6.94. The van der Waals surface area contributed by atoms with E-state index in [1.165, 1.54) is 11.8 Å². The maximum Gasteiger partial charge on any atom is 0.325 e. The number of nitrogens with one attached hydrogen (secondary N) is 1. The van der Waals surface area contributed by atoms with Crippen molar-refractivity contribution in [3.8, 4) is 11.3 Å². The average molecular weight is 428 g/mol. The largest absolute Gasteiger partial charge is 0.325 e. The van der Waals surface area contributed by atoms with Crippen LogP contribution >= 0.6 is 11.8 Å². The molecule has 0 bridgehead atoms. The van der Waals surface area contributed by atoms with Crippen molar-refractivity contribution in [3.05, 3.63) is 101 Å². The second kappa shape index (κ2) is 7.81. The Kier molecular flexibility index (Phi) is 4.83. The number of carbonyl (C=O) groups is 1. The van der Waals surface area contributed by atoms with Crippen LogP contribution in [0.4, 0.5) is 5.69 Å². The molecule has 0 radical (unpaired) electrons. The summed E-state index contributed by atoms with van der Waals surface area (Å²) in [5, 5.41) is 5.13. The molecule has 1 atom stereocenters. The van der Waals surface area contributed by atoms with Crippen LogP contribution in [0.25, 0.3) is 11.3 Å². The van der Waals surface area contributed by atoms with Crippen LogP contribution in [-0.4, -0.2) is 27.2 Å². The molecule has 1 N–H and O–H groups in total. The van der Waals surface area contributed by atoms with Crippen LogP contribution in [0.2, 0.25) is 0 Å². The van der Waals surface area contributed by atoms with Crippen LogP contribution in [-0.2, 0) is 0 Å². The molecular weight excluding hydrogens is 410 g/mol. The first-order valence-electron chi connectivity index (χ1n) is 9.68. The van der Waals surface area contributed by atoms with Gasteiger partial charge >= 0.3 is 17.4 Å². The predicted octanol–water partition coefficient (Wildman–Crippen LogP) is 3.05. The third-order valence-corrected chi connectivity index (χ3v) is 5.71. The summed E-state index contributed by atoms with van der Waals surface area (Å²) in [7, 11) is 0. The molecule has 31 heavy (non-hydrogen) atoms. The zero-order valence-corrected chi connectivity index (χ0v) is 17.4. The minimum atomic E-state index is -0.716. The SMILES string of the molecule is CSc1n[n+]2c(c(=O)[nH]1)-c1ccccc1N(C(=O)c1ccccc1)[C@H]2c1ccccn1. The lowest BCUT2D eigenvalue weighted by Gasteiger charge is -2.31. The maximum atomic E-state index is 13.8. The van der Waals surface area contributed by atoms with Crippen molar-refractivity contribution < 1.29 is 9.48 Å². The summed E-state index contributed by atoms with van der Waals surface area (Å²) in [5.41, 5.74) is 2.55. The number of H-pyrrole nitrogens is 1. The number of aromatic amines is 1. The van der Waals surface area contributed by atoms with E-state index in [4.69, 9.17) is 0 Å². The molecule has 1 aliphatic rings. The Balaban J connectivity index is 1.84. The Bertz CT molecular complexity index is 1320. The van der Waals surface area contributed by atoms with Crippen molar-refractivity contribution in [3.63, 3.8) is 0 Å². The number of nitrogens with zero attached hydrogens (tertiary/aromatic N) is 4. The van der Waals surface area contributed by atoms with E-state index in [0.29, 0.717) is 33.4 Å². The van der Waals surface area contributed by atoms with E-state index in [2.05, 4.69) is 15.1 Å². The van der Waals surface area contributed by atoms with Gasteiger partial charge in [-0.25, -0.2) is 4.90 Å². The Morgan fingerprint density at radius 2 is 1.77 bits per heavy atom. The summed E-state index contributed by atoms with van der Waals surface area (Å²) in [6, 6.07) is 22.0. The van der Waals surface area contributed by atoms with Gasteiger partial charge in [-0.3, -0.25) is 19.6 Å². The van der Waals surface area contributed by atoms with Crippen LogP contribution in [0.3, 0.4) is 0 Å². The molecule has 1 aliphatic heterocycles. The highest BCUT2D eigenvalue weighted by molar-refractivity contribution is 7.98. The number of hydrogen-bond acceptors (Lipinski definition) is 5. The number of anilines is 1. The number of benzene rings is 2. The molecule has 4 aromatic rings. The lowest BCUT2D eigenvalue weighted by atomic mass is 10.0.